The fraction of sp³-hybridized carbons (Fsp3) is 0.471. The second-order valence-corrected chi connectivity index (χ2v) is 5.63. The normalized spacial score (nSPS) is 18.0. The van der Waals surface area contributed by atoms with Gasteiger partial charge in [0.1, 0.15) is 5.41 Å². The maximum atomic E-state index is 12.8. The van der Waals surface area contributed by atoms with Gasteiger partial charge in [0.25, 0.3) is 0 Å². The third-order valence-electron chi connectivity index (χ3n) is 4.56. The molecule has 0 spiro atoms. The summed E-state index contributed by atoms with van der Waals surface area (Å²) < 4.78 is 0. The minimum absolute atomic E-state index is 0.293. The highest BCUT2D eigenvalue weighted by Crippen LogP contribution is 2.35. The van der Waals surface area contributed by atoms with Crippen LogP contribution >= 0.6 is 0 Å². The number of urea groups is 1. The number of benzene rings is 1. The van der Waals surface area contributed by atoms with Gasteiger partial charge in [-0.3, -0.25) is 19.4 Å². The fourth-order valence-electron chi connectivity index (χ4n) is 2.96. The number of hydrogen-bond donors (Lipinski definition) is 0. The van der Waals surface area contributed by atoms with Crippen LogP contribution in [0.3, 0.4) is 0 Å². The van der Waals surface area contributed by atoms with Crippen LogP contribution in [0.25, 0.3) is 0 Å². The van der Waals surface area contributed by atoms with Crippen molar-refractivity contribution in [2.45, 2.75) is 33.1 Å². The Morgan fingerprint density at radius 1 is 0.955 bits per heavy atom. The van der Waals surface area contributed by atoms with E-state index in [1.807, 2.05) is 44.2 Å². The molecule has 0 aliphatic carbocycles. The van der Waals surface area contributed by atoms with E-state index in [9.17, 15) is 14.4 Å². The van der Waals surface area contributed by atoms with Gasteiger partial charge in [-0.15, -0.1) is 0 Å². The van der Waals surface area contributed by atoms with Crippen LogP contribution in [-0.2, 0) is 16.0 Å². The van der Waals surface area contributed by atoms with Gasteiger partial charge in [-0.05, 0) is 24.8 Å². The number of nitrogens with zero attached hydrogens (tertiary/aromatic N) is 2. The van der Waals surface area contributed by atoms with Crippen molar-refractivity contribution in [3.05, 3.63) is 35.9 Å². The molecule has 0 N–H and O–H groups in total. The Balaban J connectivity index is 2.24. The highest BCUT2D eigenvalue weighted by molar-refractivity contribution is 6.18. The first-order chi connectivity index (χ1) is 10.5. The predicted molar refractivity (Wildman–Crippen MR) is 83.0 cm³/mol. The van der Waals surface area contributed by atoms with Crippen molar-refractivity contribution in [2.24, 2.45) is 5.41 Å². The zero-order valence-electron chi connectivity index (χ0n) is 13.3. The van der Waals surface area contributed by atoms with Crippen molar-refractivity contribution in [2.75, 3.05) is 13.6 Å². The summed E-state index contributed by atoms with van der Waals surface area (Å²) in [4.78, 5) is 39.8. The summed E-state index contributed by atoms with van der Waals surface area (Å²) in [6, 6.07) is 9.16. The van der Waals surface area contributed by atoms with Crippen LogP contribution in [0.5, 0.6) is 0 Å². The largest absolute Gasteiger partial charge is 0.333 e. The third kappa shape index (κ3) is 2.51. The molecule has 0 aromatic heterocycles. The lowest BCUT2D eigenvalue weighted by Gasteiger charge is -2.42. The van der Waals surface area contributed by atoms with E-state index in [0.29, 0.717) is 25.8 Å². The van der Waals surface area contributed by atoms with Crippen molar-refractivity contribution < 1.29 is 14.4 Å². The summed E-state index contributed by atoms with van der Waals surface area (Å²) in [5, 5.41) is 0. The second kappa shape index (κ2) is 6.30. The van der Waals surface area contributed by atoms with E-state index < -0.39 is 11.4 Å². The topological polar surface area (TPSA) is 57.7 Å². The lowest BCUT2D eigenvalue weighted by atomic mass is 9.78. The molecule has 1 saturated heterocycles. The van der Waals surface area contributed by atoms with Crippen molar-refractivity contribution in [3.63, 3.8) is 0 Å². The van der Waals surface area contributed by atoms with E-state index in [2.05, 4.69) is 0 Å². The molecule has 2 rings (SSSR count). The Labute approximate surface area is 130 Å². The molecule has 1 aromatic rings. The summed E-state index contributed by atoms with van der Waals surface area (Å²) in [6.07, 6.45) is 1.39. The van der Waals surface area contributed by atoms with E-state index in [1.165, 1.54) is 11.9 Å². The van der Waals surface area contributed by atoms with E-state index in [1.54, 1.807) is 0 Å². The van der Waals surface area contributed by atoms with Crippen LogP contribution in [0, 0.1) is 5.41 Å². The second-order valence-electron chi connectivity index (χ2n) is 5.63. The van der Waals surface area contributed by atoms with Gasteiger partial charge in [0.2, 0.25) is 11.8 Å². The van der Waals surface area contributed by atoms with E-state index in [-0.39, 0.29) is 11.8 Å². The molecule has 0 unspecified atom stereocenters. The minimum atomic E-state index is -1.10. The quantitative estimate of drug-likeness (QED) is 0.785. The standard InChI is InChI=1S/C17H22N2O3/c1-4-17(5-2)14(20)18(3)16(22)19(15(17)21)12-11-13-9-7-6-8-10-13/h6-10H,4-5,11-12H2,1-3H3. The van der Waals surface area contributed by atoms with Crippen LogP contribution in [0.15, 0.2) is 30.3 Å². The molecule has 118 valence electrons. The van der Waals surface area contributed by atoms with Crippen LogP contribution < -0.4 is 0 Å². The Bertz CT molecular complexity index is 579. The first-order valence-corrected chi connectivity index (χ1v) is 7.66. The molecule has 1 aromatic carbocycles. The van der Waals surface area contributed by atoms with Crippen LogP contribution in [-0.4, -0.2) is 41.2 Å². The molecule has 1 heterocycles. The molecular formula is C17H22N2O3. The summed E-state index contributed by atoms with van der Waals surface area (Å²) >= 11 is 0. The molecule has 0 saturated carbocycles. The van der Waals surface area contributed by atoms with Gasteiger partial charge in [-0.1, -0.05) is 44.2 Å². The molecule has 0 radical (unpaired) electrons. The SMILES string of the molecule is CCC1(CC)C(=O)N(C)C(=O)N(CCc2ccccc2)C1=O. The number of barbiturate groups is 1. The Kier molecular flexibility index (Phi) is 4.64. The zero-order chi connectivity index (χ0) is 16.3. The Morgan fingerprint density at radius 2 is 1.55 bits per heavy atom. The smallest absolute Gasteiger partial charge is 0.273 e. The maximum Gasteiger partial charge on any atom is 0.333 e. The highest BCUT2D eigenvalue weighted by atomic mass is 16.2. The van der Waals surface area contributed by atoms with Crippen LogP contribution in [0.1, 0.15) is 32.3 Å². The van der Waals surface area contributed by atoms with Gasteiger partial charge < -0.3 is 0 Å². The highest BCUT2D eigenvalue weighted by Gasteiger charge is 2.53. The fourth-order valence-corrected chi connectivity index (χ4v) is 2.96. The van der Waals surface area contributed by atoms with Gasteiger partial charge in [0, 0.05) is 13.6 Å². The number of imide groups is 2. The lowest BCUT2D eigenvalue weighted by Crippen LogP contribution is -2.64. The number of carbonyl (C=O) groups excluding carboxylic acids is 3. The van der Waals surface area contributed by atoms with Gasteiger partial charge in [0.05, 0.1) is 0 Å². The maximum absolute atomic E-state index is 12.8. The molecule has 0 bridgehead atoms. The predicted octanol–water partition coefficient (Wildman–Crippen LogP) is 2.46. The van der Waals surface area contributed by atoms with Gasteiger partial charge in [-0.25, -0.2) is 4.79 Å². The zero-order valence-corrected chi connectivity index (χ0v) is 13.3. The average molecular weight is 302 g/mol. The molecule has 5 heteroatoms. The molecular weight excluding hydrogens is 280 g/mol. The molecule has 1 aliphatic heterocycles. The number of rotatable bonds is 5. The van der Waals surface area contributed by atoms with Crippen LogP contribution in [0.2, 0.25) is 0 Å². The number of amides is 4. The molecule has 22 heavy (non-hydrogen) atoms. The van der Waals surface area contributed by atoms with Gasteiger partial charge in [0.15, 0.2) is 0 Å². The summed E-state index contributed by atoms with van der Waals surface area (Å²) in [7, 11) is 1.45. The minimum Gasteiger partial charge on any atom is -0.273 e. The molecule has 1 fully saturated rings. The van der Waals surface area contributed by atoms with Crippen molar-refractivity contribution in [3.8, 4) is 0 Å². The molecule has 0 atom stereocenters. The Morgan fingerprint density at radius 3 is 2.09 bits per heavy atom. The Hall–Kier alpha value is -2.17. The first kappa shape index (κ1) is 16.2. The van der Waals surface area contributed by atoms with Crippen molar-refractivity contribution in [1.29, 1.82) is 0 Å². The average Bonchev–Trinajstić information content (AvgIpc) is 2.55. The van der Waals surface area contributed by atoms with Crippen molar-refractivity contribution in [1.82, 2.24) is 9.80 Å². The molecule has 5 nitrogen and oxygen atoms in total. The first-order valence-electron chi connectivity index (χ1n) is 7.66. The lowest BCUT2D eigenvalue weighted by molar-refractivity contribution is -0.158. The van der Waals surface area contributed by atoms with E-state index >= 15 is 0 Å². The molecule has 1 aliphatic rings. The van der Waals surface area contributed by atoms with Crippen LogP contribution in [0.4, 0.5) is 4.79 Å². The molecule has 4 amide bonds. The monoisotopic (exact) mass is 302 g/mol. The summed E-state index contributed by atoms with van der Waals surface area (Å²) in [5.74, 6) is -0.745. The van der Waals surface area contributed by atoms with Gasteiger partial charge in [-0.2, -0.15) is 0 Å². The van der Waals surface area contributed by atoms with E-state index in [0.717, 1.165) is 10.5 Å². The van der Waals surface area contributed by atoms with E-state index in [4.69, 9.17) is 0 Å². The summed E-state index contributed by atoms with van der Waals surface area (Å²) in [6.45, 7) is 3.93. The van der Waals surface area contributed by atoms with Gasteiger partial charge >= 0.3 is 6.03 Å². The number of hydrogen-bond acceptors (Lipinski definition) is 3. The third-order valence-corrected chi connectivity index (χ3v) is 4.56. The number of carbonyl (C=O) groups is 3. The van der Waals surface area contributed by atoms with Crippen molar-refractivity contribution >= 4 is 17.8 Å². The summed E-state index contributed by atoms with van der Waals surface area (Å²) in [5.41, 5.74) is -0.0412.